The molecule has 0 aromatic heterocycles. The van der Waals surface area contributed by atoms with Crippen molar-refractivity contribution < 1.29 is 9.59 Å². The topological polar surface area (TPSA) is 34.1 Å². The Labute approximate surface area is 84.0 Å². The van der Waals surface area contributed by atoms with Crippen LogP contribution in [-0.2, 0) is 9.59 Å². The average molecular weight is 190 g/mol. The third-order valence-corrected chi connectivity index (χ3v) is 2.52. The van der Waals surface area contributed by atoms with Crippen molar-refractivity contribution in [3.63, 3.8) is 0 Å². The Morgan fingerprint density at radius 3 is 2.43 bits per heavy atom. The lowest BCUT2D eigenvalue weighted by Gasteiger charge is -2.17. The monoisotopic (exact) mass is 190 g/mol. The molecule has 1 aliphatic carbocycles. The Balaban J connectivity index is 3.23. The smallest absolute Gasteiger partial charge is 0.184 e. The van der Waals surface area contributed by atoms with Crippen LogP contribution in [-0.4, -0.2) is 11.6 Å². The molecule has 0 fully saturated rings. The minimum absolute atomic E-state index is 0.0340. The van der Waals surface area contributed by atoms with Crippen LogP contribution in [0.2, 0.25) is 0 Å². The number of carbonyl (C=O) groups excluding carboxylic acids is 2. The second-order valence-corrected chi connectivity index (χ2v) is 3.58. The van der Waals surface area contributed by atoms with Crippen molar-refractivity contribution >= 4 is 11.6 Å². The molecule has 14 heavy (non-hydrogen) atoms. The minimum atomic E-state index is -0.0630. The van der Waals surface area contributed by atoms with Crippen molar-refractivity contribution in [1.29, 1.82) is 0 Å². The molecular weight excluding hydrogens is 176 g/mol. The molecule has 1 rings (SSSR count). The fourth-order valence-electron chi connectivity index (χ4n) is 1.63. The zero-order valence-electron chi connectivity index (χ0n) is 8.76. The summed E-state index contributed by atoms with van der Waals surface area (Å²) in [7, 11) is 0. The van der Waals surface area contributed by atoms with Gasteiger partial charge in [-0.05, 0) is 19.9 Å². The van der Waals surface area contributed by atoms with E-state index in [1.165, 1.54) is 6.08 Å². The van der Waals surface area contributed by atoms with E-state index in [-0.39, 0.29) is 17.5 Å². The van der Waals surface area contributed by atoms with Crippen molar-refractivity contribution in [2.24, 2.45) is 5.92 Å². The van der Waals surface area contributed by atoms with E-state index in [1.807, 2.05) is 6.92 Å². The van der Waals surface area contributed by atoms with Crippen molar-refractivity contribution in [1.82, 2.24) is 0 Å². The van der Waals surface area contributed by atoms with Gasteiger partial charge in [0.25, 0.3) is 0 Å². The number of hydrogen-bond acceptors (Lipinski definition) is 2. The molecule has 0 aromatic rings. The van der Waals surface area contributed by atoms with Gasteiger partial charge in [0.15, 0.2) is 11.6 Å². The largest absolute Gasteiger partial charge is 0.290 e. The van der Waals surface area contributed by atoms with E-state index in [0.717, 1.165) is 0 Å². The Morgan fingerprint density at radius 2 is 1.93 bits per heavy atom. The lowest BCUT2D eigenvalue weighted by Crippen LogP contribution is -2.19. The molecular formula is C12H14O2. The highest BCUT2D eigenvalue weighted by atomic mass is 16.1. The highest BCUT2D eigenvalue weighted by molar-refractivity contribution is 6.22. The summed E-state index contributed by atoms with van der Waals surface area (Å²) in [4.78, 5) is 23.2. The van der Waals surface area contributed by atoms with Crippen LogP contribution in [0.5, 0.6) is 0 Å². The lowest BCUT2D eigenvalue weighted by molar-refractivity contribution is -0.116. The predicted octanol–water partition coefficient (Wildman–Crippen LogP) is 2.22. The van der Waals surface area contributed by atoms with Gasteiger partial charge in [-0.3, -0.25) is 9.59 Å². The van der Waals surface area contributed by atoms with E-state index >= 15 is 0 Å². The zero-order chi connectivity index (χ0) is 10.9. The van der Waals surface area contributed by atoms with E-state index in [0.29, 0.717) is 16.7 Å². The first kappa shape index (κ1) is 10.6. The standard InChI is InChI=1S/C12H14O2/c1-5-7(2)11-9(4)12(14)8(3)6-10(11)13/h5-7H,1H2,2-4H3. The van der Waals surface area contributed by atoms with E-state index in [4.69, 9.17) is 0 Å². The summed E-state index contributed by atoms with van der Waals surface area (Å²) in [6, 6.07) is 0. The Kier molecular flexibility index (Phi) is 2.84. The summed E-state index contributed by atoms with van der Waals surface area (Å²) in [5.74, 6) is -0.156. The molecule has 74 valence electrons. The molecule has 2 nitrogen and oxygen atoms in total. The quantitative estimate of drug-likeness (QED) is 0.494. The number of ketones is 2. The zero-order valence-corrected chi connectivity index (χ0v) is 8.76. The molecule has 0 saturated heterocycles. The number of allylic oxidation sites excluding steroid dienone is 5. The highest BCUT2D eigenvalue weighted by Crippen LogP contribution is 2.24. The molecule has 1 unspecified atom stereocenters. The molecule has 0 radical (unpaired) electrons. The van der Waals surface area contributed by atoms with Gasteiger partial charge >= 0.3 is 0 Å². The normalized spacial score (nSPS) is 19.5. The number of carbonyl (C=O) groups is 2. The Morgan fingerprint density at radius 1 is 1.36 bits per heavy atom. The average Bonchev–Trinajstić information content (AvgIpc) is 2.14. The molecule has 0 amide bonds. The van der Waals surface area contributed by atoms with Crippen LogP contribution in [0.3, 0.4) is 0 Å². The van der Waals surface area contributed by atoms with E-state index in [1.54, 1.807) is 19.9 Å². The summed E-state index contributed by atoms with van der Waals surface area (Å²) in [6.45, 7) is 8.86. The third kappa shape index (κ3) is 1.60. The molecule has 0 saturated carbocycles. The fraction of sp³-hybridized carbons (Fsp3) is 0.333. The van der Waals surface area contributed by atoms with Crippen molar-refractivity contribution in [3.05, 3.63) is 35.5 Å². The van der Waals surface area contributed by atoms with E-state index in [9.17, 15) is 9.59 Å². The van der Waals surface area contributed by atoms with Crippen LogP contribution in [0, 0.1) is 5.92 Å². The molecule has 0 N–H and O–H groups in total. The molecule has 1 aliphatic rings. The molecule has 1 atom stereocenters. The van der Waals surface area contributed by atoms with Crippen molar-refractivity contribution in [2.45, 2.75) is 20.8 Å². The van der Waals surface area contributed by atoms with Gasteiger partial charge in [0.2, 0.25) is 0 Å². The van der Waals surface area contributed by atoms with E-state index in [2.05, 4.69) is 6.58 Å². The van der Waals surface area contributed by atoms with Gasteiger partial charge < -0.3 is 0 Å². The Bertz CT molecular complexity index is 370. The van der Waals surface area contributed by atoms with Crippen LogP contribution >= 0.6 is 0 Å². The fourth-order valence-corrected chi connectivity index (χ4v) is 1.63. The predicted molar refractivity (Wildman–Crippen MR) is 55.8 cm³/mol. The maximum absolute atomic E-state index is 11.6. The summed E-state index contributed by atoms with van der Waals surface area (Å²) in [5.41, 5.74) is 1.66. The van der Waals surface area contributed by atoms with Crippen LogP contribution in [0.1, 0.15) is 20.8 Å². The lowest BCUT2D eigenvalue weighted by atomic mass is 9.84. The van der Waals surface area contributed by atoms with Crippen LogP contribution in [0.15, 0.2) is 35.5 Å². The summed E-state index contributed by atoms with van der Waals surface area (Å²) >= 11 is 0. The SMILES string of the molecule is C=CC(C)C1=C(C)C(=O)C(C)=CC1=O. The summed E-state index contributed by atoms with van der Waals surface area (Å²) in [5, 5.41) is 0. The third-order valence-electron chi connectivity index (χ3n) is 2.52. The maximum atomic E-state index is 11.6. The molecule has 0 bridgehead atoms. The van der Waals surface area contributed by atoms with Crippen LogP contribution in [0.25, 0.3) is 0 Å². The number of hydrogen-bond donors (Lipinski definition) is 0. The van der Waals surface area contributed by atoms with E-state index < -0.39 is 0 Å². The van der Waals surface area contributed by atoms with Gasteiger partial charge in [-0.15, -0.1) is 6.58 Å². The molecule has 0 spiro atoms. The molecule has 0 heterocycles. The summed E-state index contributed by atoms with van der Waals surface area (Å²) < 4.78 is 0. The van der Waals surface area contributed by atoms with Gasteiger partial charge in [-0.2, -0.15) is 0 Å². The summed E-state index contributed by atoms with van der Waals surface area (Å²) in [6.07, 6.45) is 3.09. The number of Topliss-reactive ketones (excluding diaryl/α,β-unsaturated/α-hetero) is 1. The van der Waals surface area contributed by atoms with Crippen molar-refractivity contribution in [2.75, 3.05) is 0 Å². The molecule has 2 heteroatoms. The van der Waals surface area contributed by atoms with Gasteiger partial charge in [0, 0.05) is 22.6 Å². The van der Waals surface area contributed by atoms with Gasteiger partial charge in [0.1, 0.15) is 0 Å². The first-order valence-corrected chi connectivity index (χ1v) is 4.59. The van der Waals surface area contributed by atoms with Crippen LogP contribution < -0.4 is 0 Å². The molecule has 0 aromatic carbocycles. The number of rotatable bonds is 2. The Hall–Kier alpha value is -1.44. The van der Waals surface area contributed by atoms with Gasteiger partial charge in [-0.1, -0.05) is 13.0 Å². The minimum Gasteiger partial charge on any atom is -0.290 e. The highest BCUT2D eigenvalue weighted by Gasteiger charge is 2.25. The first-order valence-electron chi connectivity index (χ1n) is 4.59. The second kappa shape index (κ2) is 3.74. The second-order valence-electron chi connectivity index (χ2n) is 3.58. The van der Waals surface area contributed by atoms with Gasteiger partial charge in [0.05, 0.1) is 0 Å². The van der Waals surface area contributed by atoms with Crippen LogP contribution in [0.4, 0.5) is 0 Å². The molecule has 0 aliphatic heterocycles. The maximum Gasteiger partial charge on any atom is 0.184 e. The van der Waals surface area contributed by atoms with Gasteiger partial charge in [-0.25, -0.2) is 0 Å². The van der Waals surface area contributed by atoms with Crippen molar-refractivity contribution in [3.8, 4) is 0 Å². The first-order chi connectivity index (χ1) is 6.49.